The fraction of sp³-hybridized carbons (Fsp3) is 0.929. The Balaban J connectivity index is 2.52. The highest BCUT2D eigenvalue weighted by Crippen LogP contribution is 2.32. The van der Waals surface area contributed by atoms with Crippen LogP contribution in [0.25, 0.3) is 0 Å². The molecule has 1 amide bonds. The molecule has 94 valence electrons. The van der Waals surface area contributed by atoms with Gasteiger partial charge in [-0.2, -0.15) is 0 Å². The average Bonchev–Trinajstić information content (AvgIpc) is 2.41. The summed E-state index contributed by atoms with van der Waals surface area (Å²) in [5.41, 5.74) is 0.336. The third-order valence-corrected chi connectivity index (χ3v) is 3.37. The lowest BCUT2D eigenvalue weighted by Gasteiger charge is -2.32. The van der Waals surface area contributed by atoms with Gasteiger partial charge in [-0.3, -0.25) is 4.79 Å². The topological polar surface area (TPSA) is 20.3 Å². The highest BCUT2D eigenvalue weighted by molar-refractivity contribution is 5.81. The van der Waals surface area contributed by atoms with E-state index >= 15 is 0 Å². The Morgan fingerprint density at radius 3 is 2.12 bits per heavy atom. The molecule has 1 aliphatic rings. The molecule has 16 heavy (non-hydrogen) atoms. The van der Waals surface area contributed by atoms with Crippen molar-refractivity contribution in [3.05, 3.63) is 0 Å². The monoisotopic (exact) mass is 225 g/mol. The number of likely N-dealkylation sites (tertiary alicyclic amines) is 1. The van der Waals surface area contributed by atoms with Gasteiger partial charge in [0.15, 0.2) is 0 Å². The predicted octanol–water partition coefficient (Wildman–Crippen LogP) is 3.46. The highest BCUT2D eigenvalue weighted by Gasteiger charge is 2.37. The first kappa shape index (κ1) is 13.5. The van der Waals surface area contributed by atoms with Gasteiger partial charge in [-0.25, -0.2) is 0 Å². The maximum atomic E-state index is 12.2. The minimum Gasteiger partial charge on any atom is -0.338 e. The van der Waals surface area contributed by atoms with Gasteiger partial charge in [0.05, 0.1) is 0 Å². The molecule has 1 saturated heterocycles. The van der Waals surface area contributed by atoms with Crippen molar-refractivity contribution in [2.24, 2.45) is 11.3 Å². The standard InChI is InChI=1S/C14H27NO/c1-13(2,3)9-7-11-8-10-15(12(11)16)14(4,5)6/h11H,7-10H2,1-6H3. The SMILES string of the molecule is CC(C)(C)CCC1CCN(C(C)(C)C)C1=O. The zero-order valence-corrected chi connectivity index (χ0v) is 11.8. The summed E-state index contributed by atoms with van der Waals surface area (Å²) in [6, 6.07) is 0. The molecule has 2 nitrogen and oxygen atoms in total. The van der Waals surface area contributed by atoms with Crippen LogP contribution in [-0.2, 0) is 4.79 Å². The smallest absolute Gasteiger partial charge is 0.226 e. The van der Waals surface area contributed by atoms with Crippen LogP contribution in [-0.4, -0.2) is 22.9 Å². The summed E-state index contributed by atoms with van der Waals surface area (Å²) >= 11 is 0. The number of rotatable bonds is 2. The second kappa shape index (κ2) is 4.38. The fourth-order valence-electron chi connectivity index (χ4n) is 2.28. The first-order valence-corrected chi connectivity index (χ1v) is 6.43. The summed E-state index contributed by atoms with van der Waals surface area (Å²) < 4.78 is 0. The van der Waals surface area contributed by atoms with E-state index < -0.39 is 0 Å². The molecule has 0 aliphatic carbocycles. The summed E-state index contributed by atoms with van der Waals surface area (Å²) in [7, 11) is 0. The van der Waals surface area contributed by atoms with Crippen LogP contribution in [0.1, 0.15) is 60.8 Å². The van der Waals surface area contributed by atoms with Gasteiger partial charge in [-0.15, -0.1) is 0 Å². The Labute approximate surface area is 100 Å². The van der Waals surface area contributed by atoms with Crippen molar-refractivity contribution in [3.63, 3.8) is 0 Å². The van der Waals surface area contributed by atoms with Crippen LogP contribution in [0, 0.1) is 11.3 Å². The molecule has 0 radical (unpaired) electrons. The fourth-order valence-corrected chi connectivity index (χ4v) is 2.28. The molecule has 0 aromatic rings. The van der Waals surface area contributed by atoms with Crippen LogP contribution in [0.15, 0.2) is 0 Å². The van der Waals surface area contributed by atoms with Crippen molar-refractivity contribution >= 4 is 5.91 Å². The van der Waals surface area contributed by atoms with Gasteiger partial charge in [0, 0.05) is 18.0 Å². The lowest BCUT2D eigenvalue weighted by Crippen LogP contribution is -2.43. The number of amides is 1. The van der Waals surface area contributed by atoms with Crippen LogP contribution in [0.4, 0.5) is 0 Å². The number of nitrogens with zero attached hydrogens (tertiary/aromatic N) is 1. The molecule has 1 heterocycles. The molecule has 0 aromatic heterocycles. The summed E-state index contributed by atoms with van der Waals surface area (Å²) in [6.45, 7) is 14.0. The van der Waals surface area contributed by atoms with Gasteiger partial charge in [0.25, 0.3) is 0 Å². The van der Waals surface area contributed by atoms with Crippen molar-refractivity contribution in [1.29, 1.82) is 0 Å². The van der Waals surface area contributed by atoms with E-state index in [1.165, 1.54) is 0 Å². The molecule has 0 spiro atoms. The minimum absolute atomic E-state index is 0.00638. The van der Waals surface area contributed by atoms with Crippen molar-refractivity contribution in [2.75, 3.05) is 6.54 Å². The molecule has 1 unspecified atom stereocenters. The largest absolute Gasteiger partial charge is 0.338 e. The van der Waals surface area contributed by atoms with Gasteiger partial charge in [-0.1, -0.05) is 20.8 Å². The lowest BCUT2D eigenvalue weighted by atomic mass is 9.86. The molecule has 1 atom stereocenters. The lowest BCUT2D eigenvalue weighted by molar-refractivity contribution is -0.135. The molecule has 2 heteroatoms. The van der Waals surface area contributed by atoms with Gasteiger partial charge in [-0.05, 0) is 45.4 Å². The molecule has 1 rings (SSSR count). The Morgan fingerprint density at radius 2 is 1.75 bits per heavy atom. The van der Waals surface area contributed by atoms with E-state index in [1.807, 2.05) is 4.90 Å². The van der Waals surface area contributed by atoms with Gasteiger partial charge in [0.1, 0.15) is 0 Å². The zero-order valence-electron chi connectivity index (χ0n) is 11.8. The third kappa shape index (κ3) is 3.50. The minimum atomic E-state index is -0.00638. The Bertz CT molecular complexity index is 257. The molecule has 1 aliphatic heterocycles. The number of carbonyl (C=O) groups is 1. The van der Waals surface area contributed by atoms with Crippen LogP contribution in [0.3, 0.4) is 0 Å². The Hall–Kier alpha value is -0.530. The maximum absolute atomic E-state index is 12.2. The molecular formula is C14H27NO. The van der Waals surface area contributed by atoms with Gasteiger partial charge < -0.3 is 4.90 Å². The Kier molecular flexibility index (Phi) is 3.71. The average molecular weight is 225 g/mol. The molecule has 0 saturated carbocycles. The summed E-state index contributed by atoms with van der Waals surface area (Å²) in [4.78, 5) is 14.2. The van der Waals surface area contributed by atoms with Crippen LogP contribution >= 0.6 is 0 Å². The summed E-state index contributed by atoms with van der Waals surface area (Å²) in [5.74, 6) is 0.648. The van der Waals surface area contributed by atoms with Crippen LogP contribution in [0.5, 0.6) is 0 Å². The molecular weight excluding hydrogens is 198 g/mol. The summed E-state index contributed by atoms with van der Waals surface area (Å²) in [5, 5.41) is 0. The van der Waals surface area contributed by atoms with Crippen molar-refractivity contribution < 1.29 is 4.79 Å². The molecule has 0 bridgehead atoms. The van der Waals surface area contributed by atoms with Crippen molar-refractivity contribution in [2.45, 2.75) is 66.3 Å². The number of carbonyl (C=O) groups excluding carboxylic acids is 1. The van der Waals surface area contributed by atoms with Crippen LogP contribution < -0.4 is 0 Å². The second-order valence-electron chi connectivity index (χ2n) is 7.25. The van der Waals surface area contributed by atoms with Crippen LogP contribution in [0.2, 0.25) is 0 Å². The van der Waals surface area contributed by atoms with E-state index in [4.69, 9.17) is 0 Å². The zero-order chi connectivity index (χ0) is 12.6. The number of hydrogen-bond acceptors (Lipinski definition) is 1. The maximum Gasteiger partial charge on any atom is 0.226 e. The van der Waals surface area contributed by atoms with E-state index in [0.29, 0.717) is 11.3 Å². The Morgan fingerprint density at radius 1 is 1.19 bits per heavy atom. The molecule has 0 aromatic carbocycles. The normalized spacial score (nSPS) is 23.0. The number of hydrogen-bond donors (Lipinski definition) is 0. The second-order valence-corrected chi connectivity index (χ2v) is 7.25. The third-order valence-electron chi connectivity index (χ3n) is 3.37. The first-order chi connectivity index (χ1) is 7.11. The van der Waals surface area contributed by atoms with E-state index in [-0.39, 0.29) is 11.5 Å². The summed E-state index contributed by atoms with van der Waals surface area (Å²) in [6.07, 6.45) is 3.24. The van der Waals surface area contributed by atoms with Gasteiger partial charge >= 0.3 is 0 Å². The van der Waals surface area contributed by atoms with E-state index in [0.717, 1.165) is 25.8 Å². The van der Waals surface area contributed by atoms with E-state index in [1.54, 1.807) is 0 Å². The highest BCUT2D eigenvalue weighted by atomic mass is 16.2. The quantitative estimate of drug-likeness (QED) is 0.705. The van der Waals surface area contributed by atoms with Crippen molar-refractivity contribution in [1.82, 2.24) is 4.90 Å². The van der Waals surface area contributed by atoms with E-state index in [9.17, 15) is 4.79 Å². The molecule has 1 fully saturated rings. The van der Waals surface area contributed by atoms with Crippen molar-refractivity contribution in [3.8, 4) is 0 Å². The van der Waals surface area contributed by atoms with E-state index in [2.05, 4.69) is 41.5 Å². The first-order valence-electron chi connectivity index (χ1n) is 6.43. The van der Waals surface area contributed by atoms with Gasteiger partial charge in [0.2, 0.25) is 5.91 Å². The predicted molar refractivity (Wildman–Crippen MR) is 68.3 cm³/mol. The molecule has 0 N–H and O–H groups in total.